The van der Waals surface area contributed by atoms with Gasteiger partial charge in [0.15, 0.2) is 16.5 Å². The first-order valence-electron chi connectivity index (χ1n) is 8.28. The van der Waals surface area contributed by atoms with Crippen LogP contribution in [-0.4, -0.2) is 23.6 Å². The Morgan fingerprint density at radius 3 is 2.56 bits per heavy atom. The third-order valence-corrected chi connectivity index (χ3v) is 6.17. The molecule has 4 aromatic rings. The lowest BCUT2D eigenvalue weighted by Crippen LogP contribution is -2.22. The summed E-state index contributed by atoms with van der Waals surface area (Å²) in [5.74, 6) is 1.22. The van der Waals surface area contributed by atoms with E-state index in [-0.39, 0.29) is 5.56 Å². The predicted molar refractivity (Wildman–Crippen MR) is 112 cm³/mol. The molecule has 7 heteroatoms. The molecular weight excluding hydrogens is 428 g/mol. The number of ether oxygens (including phenoxy) is 2. The molecule has 0 unspecified atom stereocenters. The minimum atomic E-state index is -0.0633. The molecule has 2 aromatic carbocycles. The van der Waals surface area contributed by atoms with Gasteiger partial charge in [-0.3, -0.25) is 4.79 Å². The summed E-state index contributed by atoms with van der Waals surface area (Å²) in [6, 6.07) is 7.79. The van der Waals surface area contributed by atoms with Crippen molar-refractivity contribution < 1.29 is 9.47 Å². The molecule has 0 aliphatic carbocycles. The highest BCUT2D eigenvalue weighted by Gasteiger charge is 2.14. The quantitative estimate of drug-likeness (QED) is 0.481. The first-order valence-corrected chi connectivity index (χ1v) is 9.89. The molecule has 0 saturated heterocycles. The fourth-order valence-corrected chi connectivity index (χ4v) is 4.70. The molecule has 0 bridgehead atoms. The van der Waals surface area contributed by atoms with Gasteiger partial charge in [0.25, 0.3) is 5.56 Å². The van der Waals surface area contributed by atoms with E-state index in [0.717, 1.165) is 26.6 Å². The molecule has 2 heterocycles. The maximum atomic E-state index is 13.0. The molecule has 0 N–H and O–H groups in total. The molecular formula is C20H17BrN2O3S. The Morgan fingerprint density at radius 2 is 1.85 bits per heavy atom. The summed E-state index contributed by atoms with van der Waals surface area (Å²) < 4.78 is 13.8. The lowest BCUT2D eigenvalue weighted by Gasteiger charge is -2.10. The largest absolute Gasteiger partial charge is 0.493 e. The Hall–Kier alpha value is -2.38. The first kappa shape index (κ1) is 18.0. The van der Waals surface area contributed by atoms with E-state index in [1.54, 1.807) is 18.6 Å². The Kier molecular flexibility index (Phi) is 4.44. The van der Waals surface area contributed by atoms with Crippen molar-refractivity contribution in [1.82, 2.24) is 9.38 Å². The summed E-state index contributed by atoms with van der Waals surface area (Å²) in [7, 11) is 3.17. The van der Waals surface area contributed by atoms with Gasteiger partial charge in [0.1, 0.15) is 0 Å². The number of imidazole rings is 1. The number of benzene rings is 2. The minimum Gasteiger partial charge on any atom is -0.493 e. The van der Waals surface area contributed by atoms with Crippen LogP contribution < -0.4 is 19.6 Å². The van der Waals surface area contributed by atoms with Crippen LogP contribution in [0.15, 0.2) is 33.5 Å². The van der Waals surface area contributed by atoms with E-state index in [4.69, 9.17) is 9.47 Å². The molecule has 2 aromatic heterocycles. The molecule has 0 amide bonds. The number of thiazole rings is 1. The zero-order valence-electron chi connectivity index (χ0n) is 15.3. The molecule has 0 saturated carbocycles. The summed E-state index contributed by atoms with van der Waals surface area (Å²) in [6.45, 7) is 4.09. The van der Waals surface area contributed by atoms with Crippen molar-refractivity contribution in [2.75, 3.05) is 14.2 Å². The highest BCUT2D eigenvalue weighted by Crippen LogP contribution is 2.36. The lowest BCUT2D eigenvalue weighted by atomic mass is 10.1. The van der Waals surface area contributed by atoms with Gasteiger partial charge in [-0.1, -0.05) is 11.3 Å². The van der Waals surface area contributed by atoms with Gasteiger partial charge in [-0.15, -0.1) is 0 Å². The van der Waals surface area contributed by atoms with Crippen molar-refractivity contribution in [2.45, 2.75) is 13.8 Å². The van der Waals surface area contributed by atoms with Gasteiger partial charge in [0.2, 0.25) is 0 Å². The van der Waals surface area contributed by atoms with Crippen LogP contribution in [0.3, 0.4) is 0 Å². The molecule has 27 heavy (non-hydrogen) atoms. The van der Waals surface area contributed by atoms with E-state index in [0.29, 0.717) is 21.0 Å². The summed E-state index contributed by atoms with van der Waals surface area (Å²) in [4.78, 5) is 18.3. The smallest absolute Gasteiger partial charge is 0.274 e. The van der Waals surface area contributed by atoms with E-state index in [9.17, 15) is 4.79 Å². The number of hydrogen-bond acceptors (Lipinski definition) is 5. The Balaban J connectivity index is 1.95. The number of rotatable bonds is 3. The Bertz CT molecular complexity index is 1310. The molecule has 5 nitrogen and oxygen atoms in total. The lowest BCUT2D eigenvalue weighted by molar-refractivity contribution is 0.353. The van der Waals surface area contributed by atoms with Crippen LogP contribution in [0.25, 0.3) is 22.1 Å². The van der Waals surface area contributed by atoms with E-state index >= 15 is 0 Å². The number of aromatic nitrogens is 2. The van der Waals surface area contributed by atoms with Crippen molar-refractivity contribution in [3.05, 3.63) is 60.3 Å². The van der Waals surface area contributed by atoms with Crippen molar-refractivity contribution >= 4 is 49.3 Å². The topological polar surface area (TPSA) is 52.8 Å². The van der Waals surface area contributed by atoms with Crippen LogP contribution in [0.1, 0.15) is 16.7 Å². The van der Waals surface area contributed by atoms with Crippen molar-refractivity contribution in [1.29, 1.82) is 0 Å². The van der Waals surface area contributed by atoms with E-state index in [1.807, 2.05) is 37.3 Å². The molecule has 0 radical (unpaired) electrons. The summed E-state index contributed by atoms with van der Waals surface area (Å²) in [5, 5.41) is 0. The van der Waals surface area contributed by atoms with E-state index in [2.05, 4.69) is 27.8 Å². The minimum absolute atomic E-state index is 0.0633. The van der Waals surface area contributed by atoms with Gasteiger partial charge in [0, 0.05) is 0 Å². The molecule has 0 atom stereocenters. The SMILES string of the molecule is COc1cc(/C=c2/sc3nc4cc(C)c(C)cc4n3c2=O)cc(Br)c1OC. The number of halogens is 1. The van der Waals surface area contributed by atoms with Crippen molar-refractivity contribution in [3.8, 4) is 11.5 Å². The maximum Gasteiger partial charge on any atom is 0.274 e. The molecule has 138 valence electrons. The van der Waals surface area contributed by atoms with Crippen LogP contribution in [0.5, 0.6) is 11.5 Å². The number of fused-ring (bicyclic) bond motifs is 3. The van der Waals surface area contributed by atoms with Gasteiger partial charge in [-0.05, 0) is 76.8 Å². The second kappa shape index (κ2) is 6.65. The monoisotopic (exact) mass is 444 g/mol. The van der Waals surface area contributed by atoms with Crippen LogP contribution in [0.2, 0.25) is 0 Å². The van der Waals surface area contributed by atoms with Gasteiger partial charge < -0.3 is 9.47 Å². The molecule has 0 aliphatic rings. The second-order valence-corrected chi connectivity index (χ2v) is 8.17. The average molecular weight is 445 g/mol. The van der Waals surface area contributed by atoms with Crippen LogP contribution in [0.4, 0.5) is 0 Å². The second-order valence-electron chi connectivity index (χ2n) is 6.31. The number of aryl methyl sites for hydroxylation is 2. The van der Waals surface area contributed by atoms with E-state index in [1.165, 1.54) is 16.9 Å². The zero-order chi connectivity index (χ0) is 19.3. The van der Waals surface area contributed by atoms with Gasteiger partial charge >= 0.3 is 0 Å². The molecule has 0 aliphatic heterocycles. The maximum absolute atomic E-state index is 13.0. The Morgan fingerprint density at radius 1 is 1.11 bits per heavy atom. The highest BCUT2D eigenvalue weighted by atomic mass is 79.9. The van der Waals surface area contributed by atoms with Crippen LogP contribution in [-0.2, 0) is 0 Å². The third kappa shape index (κ3) is 2.91. The fourth-order valence-electron chi connectivity index (χ4n) is 3.09. The summed E-state index contributed by atoms with van der Waals surface area (Å²) in [5.41, 5.74) is 4.79. The molecule has 4 rings (SSSR count). The van der Waals surface area contributed by atoms with Gasteiger partial charge in [-0.25, -0.2) is 9.38 Å². The van der Waals surface area contributed by atoms with Crippen molar-refractivity contribution in [3.63, 3.8) is 0 Å². The fraction of sp³-hybridized carbons (Fsp3) is 0.200. The van der Waals surface area contributed by atoms with Crippen LogP contribution >= 0.6 is 27.3 Å². The summed E-state index contributed by atoms with van der Waals surface area (Å²) >= 11 is 4.87. The first-order chi connectivity index (χ1) is 12.9. The highest BCUT2D eigenvalue weighted by molar-refractivity contribution is 9.10. The van der Waals surface area contributed by atoms with Gasteiger partial charge in [0.05, 0.1) is 34.3 Å². The third-order valence-electron chi connectivity index (χ3n) is 4.61. The normalized spacial score (nSPS) is 12.3. The zero-order valence-corrected chi connectivity index (χ0v) is 17.7. The number of methoxy groups -OCH3 is 2. The van der Waals surface area contributed by atoms with Crippen LogP contribution in [0, 0.1) is 13.8 Å². The average Bonchev–Trinajstić information content (AvgIpc) is 3.11. The van der Waals surface area contributed by atoms with Gasteiger partial charge in [-0.2, -0.15) is 0 Å². The van der Waals surface area contributed by atoms with Crippen molar-refractivity contribution in [2.24, 2.45) is 0 Å². The number of hydrogen-bond donors (Lipinski definition) is 0. The Labute approximate surface area is 168 Å². The predicted octanol–water partition coefficient (Wildman–Crippen LogP) is 3.85. The standard InChI is InChI=1S/C20H17BrN2O3S/c1-10-5-14-15(6-11(10)2)23-19(24)17(27-20(23)22-14)9-12-7-13(21)18(26-4)16(8-12)25-3/h5-9H,1-4H3/b17-9+. The number of nitrogens with zero attached hydrogens (tertiary/aromatic N) is 2. The molecule has 0 spiro atoms. The molecule has 0 fully saturated rings. The summed E-state index contributed by atoms with van der Waals surface area (Å²) in [6.07, 6.45) is 1.85. The van der Waals surface area contributed by atoms with E-state index < -0.39 is 0 Å².